The molecule has 1 amide bonds. The molecule has 0 radical (unpaired) electrons. The molecule has 1 atom stereocenters. The summed E-state index contributed by atoms with van der Waals surface area (Å²) >= 11 is 1.48. The van der Waals surface area contributed by atoms with Gasteiger partial charge < -0.3 is 24.6 Å². The second kappa shape index (κ2) is 15.9. The van der Waals surface area contributed by atoms with Gasteiger partial charge in [0.15, 0.2) is 10.8 Å². The molecule has 2 heterocycles. The quantitative estimate of drug-likeness (QED) is 0.103. The first kappa shape index (κ1) is 34.6. The van der Waals surface area contributed by atoms with Gasteiger partial charge in [-0.1, -0.05) is 54.2 Å². The molecule has 0 saturated carbocycles. The molecule has 5 rings (SSSR count). The van der Waals surface area contributed by atoms with Crippen LogP contribution in [-0.2, 0) is 25.7 Å². The molecule has 1 unspecified atom stereocenters. The number of rotatable bonds is 13. The first-order valence-corrected chi connectivity index (χ1v) is 16.9. The monoisotopic (exact) mass is 671 g/mol. The van der Waals surface area contributed by atoms with Crippen LogP contribution in [0.4, 0.5) is 5.69 Å². The number of hydrogen-bond donors (Lipinski definition) is 1. The molecule has 0 spiro atoms. The molecule has 0 aromatic heterocycles. The van der Waals surface area contributed by atoms with E-state index in [0.717, 1.165) is 43.8 Å². The molecule has 2 aliphatic rings. The van der Waals surface area contributed by atoms with Crippen molar-refractivity contribution in [3.05, 3.63) is 117 Å². The highest BCUT2D eigenvalue weighted by atomic mass is 32.2. The van der Waals surface area contributed by atoms with Crippen molar-refractivity contribution in [1.29, 1.82) is 0 Å². The van der Waals surface area contributed by atoms with E-state index in [4.69, 9.17) is 14.5 Å². The number of esters is 1. The summed E-state index contributed by atoms with van der Waals surface area (Å²) in [5.41, 5.74) is 1.78. The topological polar surface area (TPSA) is 127 Å². The number of methoxy groups -OCH3 is 2. The summed E-state index contributed by atoms with van der Waals surface area (Å²) < 4.78 is 10.6. The zero-order valence-corrected chi connectivity index (χ0v) is 28.3. The number of ether oxygens (including phenoxy) is 2. The average Bonchev–Trinajstić information content (AvgIpc) is 3.12. The Labute approximate surface area is 285 Å². The molecular weight excluding hydrogens is 630 g/mol. The number of benzene rings is 3. The van der Waals surface area contributed by atoms with Crippen LogP contribution in [0.3, 0.4) is 0 Å². The first-order valence-electron chi connectivity index (χ1n) is 16.0. The number of nitro benzene ring substituents is 1. The Morgan fingerprint density at radius 1 is 1.04 bits per heavy atom. The molecule has 3 aromatic rings. The number of amidine groups is 1. The van der Waals surface area contributed by atoms with Crippen LogP contribution in [0.25, 0.3) is 0 Å². The van der Waals surface area contributed by atoms with Crippen LogP contribution >= 0.6 is 11.8 Å². The molecule has 12 heteroatoms. The number of carbonyl (C=O) groups excluding carboxylic acids is 2. The van der Waals surface area contributed by atoms with Crippen molar-refractivity contribution < 1.29 is 24.0 Å². The smallest absolute Gasteiger partial charge is 0.340 e. The number of hydrogen-bond acceptors (Lipinski definition) is 10. The van der Waals surface area contributed by atoms with Crippen LogP contribution in [-0.4, -0.2) is 72.7 Å². The lowest BCUT2D eigenvalue weighted by atomic mass is 9.86. The van der Waals surface area contributed by atoms with Gasteiger partial charge in [0.1, 0.15) is 11.3 Å². The van der Waals surface area contributed by atoms with Gasteiger partial charge in [0.2, 0.25) is 6.41 Å². The zero-order valence-electron chi connectivity index (χ0n) is 27.5. The Hall–Kier alpha value is -4.68. The van der Waals surface area contributed by atoms with E-state index in [1.807, 2.05) is 35.2 Å². The number of carbonyl (C=O) groups is 2. The van der Waals surface area contributed by atoms with E-state index in [1.165, 1.54) is 36.6 Å². The maximum atomic E-state index is 13.5. The fourth-order valence-electron chi connectivity index (χ4n) is 6.55. The lowest BCUT2D eigenvalue weighted by Gasteiger charge is -2.48. The summed E-state index contributed by atoms with van der Waals surface area (Å²) in [7, 11) is 2.90. The van der Waals surface area contributed by atoms with Crippen molar-refractivity contribution in [2.45, 2.75) is 43.5 Å². The number of thioether (sulfide) groups is 1. The van der Waals surface area contributed by atoms with E-state index < -0.39 is 16.6 Å². The van der Waals surface area contributed by atoms with Crippen molar-refractivity contribution >= 4 is 35.0 Å². The molecule has 1 saturated heterocycles. The van der Waals surface area contributed by atoms with E-state index in [2.05, 4.69) is 34.5 Å². The van der Waals surface area contributed by atoms with Gasteiger partial charge in [-0.3, -0.25) is 14.9 Å². The molecule has 1 fully saturated rings. The third-order valence-corrected chi connectivity index (χ3v) is 10.1. The molecular formula is C36H41N5O6S. The van der Waals surface area contributed by atoms with Crippen molar-refractivity contribution in [2.24, 2.45) is 4.99 Å². The maximum absolute atomic E-state index is 13.5. The van der Waals surface area contributed by atoms with Crippen LogP contribution in [0.1, 0.15) is 48.8 Å². The summed E-state index contributed by atoms with van der Waals surface area (Å²) in [4.78, 5) is 46.3. The number of nitrogens with zero attached hydrogens (tertiary/aromatic N) is 4. The minimum atomic E-state index is -1.53. The van der Waals surface area contributed by atoms with Crippen LogP contribution in [0.15, 0.2) is 95.1 Å². The number of aliphatic imine (C=N–C) groups is 1. The molecule has 0 aliphatic carbocycles. The van der Waals surface area contributed by atoms with Gasteiger partial charge in [-0.2, -0.15) is 0 Å². The Balaban J connectivity index is 1.46. The van der Waals surface area contributed by atoms with Gasteiger partial charge in [-0.05, 0) is 87.1 Å². The van der Waals surface area contributed by atoms with E-state index >= 15 is 0 Å². The summed E-state index contributed by atoms with van der Waals surface area (Å²) in [5, 5.41) is 15.1. The maximum Gasteiger partial charge on any atom is 0.340 e. The lowest BCUT2D eigenvalue weighted by Crippen LogP contribution is -2.62. The highest BCUT2D eigenvalue weighted by Gasteiger charge is 2.50. The molecule has 252 valence electrons. The van der Waals surface area contributed by atoms with Crippen molar-refractivity contribution in [1.82, 2.24) is 15.1 Å². The Morgan fingerprint density at radius 2 is 1.73 bits per heavy atom. The third-order valence-electron chi connectivity index (χ3n) is 9.02. The number of amides is 1. The summed E-state index contributed by atoms with van der Waals surface area (Å²) in [6.45, 7) is 4.89. The predicted molar refractivity (Wildman–Crippen MR) is 187 cm³/mol. The van der Waals surface area contributed by atoms with Gasteiger partial charge in [-0.15, -0.1) is 0 Å². The van der Waals surface area contributed by atoms with Gasteiger partial charge in [0.05, 0.1) is 24.8 Å². The molecule has 2 aliphatic heterocycles. The molecule has 1 N–H and O–H groups in total. The minimum absolute atomic E-state index is 0.107. The fourth-order valence-corrected chi connectivity index (χ4v) is 7.63. The van der Waals surface area contributed by atoms with Crippen molar-refractivity contribution in [3.8, 4) is 5.75 Å². The summed E-state index contributed by atoms with van der Waals surface area (Å²) in [5.74, 6) is 1.20. The molecule has 3 aromatic carbocycles. The SMILES string of the molecule is COC(=O)C1=C(C)N=C(SCc2ccc(OC)cc2)N(CCCN2CCC(c3ccccc3)CC2)C1(NC=O)c1ccc([N+](=O)[O-])cc1. The van der Waals surface area contributed by atoms with Gasteiger partial charge in [-0.25, -0.2) is 9.79 Å². The number of nitro groups is 1. The van der Waals surface area contributed by atoms with Crippen LogP contribution in [0.5, 0.6) is 5.75 Å². The lowest BCUT2D eigenvalue weighted by molar-refractivity contribution is -0.384. The second-order valence-corrected chi connectivity index (χ2v) is 12.7. The highest BCUT2D eigenvalue weighted by molar-refractivity contribution is 8.13. The van der Waals surface area contributed by atoms with E-state index in [-0.39, 0.29) is 11.3 Å². The van der Waals surface area contributed by atoms with Gasteiger partial charge in [0, 0.05) is 30.0 Å². The molecule has 48 heavy (non-hydrogen) atoms. The number of likely N-dealkylation sites (tertiary alicyclic amines) is 1. The number of non-ortho nitro benzene ring substituents is 1. The number of piperidine rings is 1. The molecule has 11 nitrogen and oxygen atoms in total. The van der Waals surface area contributed by atoms with E-state index in [1.54, 1.807) is 26.2 Å². The average molecular weight is 672 g/mol. The van der Waals surface area contributed by atoms with E-state index in [9.17, 15) is 19.7 Å². The Morgan fingerprint density at radius 3 is 2.33 bits per heavy atom. The Kier molecular flexibility index (Phi) is 11.5. The highest BCUT2D eigenvalue weighted by Crippen LogP contribution is 2.42. The fraction of sp³-hybridized carbons (Fsp3) is 0.361. The van der Waals surface area contributed by atoms with Crippen molar-refractivity contribution in [2.75, 3.05) is 40.4 Å². The number of nitrogens with one attached hydrogen (secondary N) is 1. The third kappa shape index (κ3) is 7.55. The van der Waals surface area contributed by atoms with Crippen molar-refractivity contribution in [3.63, 3.8) is 0 Å². The zero-order chi connectivity index (χ0) is 34.1. The van der Waals surface area contributed by atoms with E-state index in [0.29, 0.717) is 47.5 Å². The summed E-state index contributed by atoms with van der Waals surface area (Å²) in [6, 6.07) is 24.3. The number of allylic oxidation sites excluding steroid dienone is 1. The Bertz CT molecular complexity index is 1640. The first-order chi connectivity index (χ1) is 23.3. The minimum Gasteiger partial charge on any atom is -0.497 e. The standard InChI is InChI=1S/C36H41N5O6S/c1-26-33(34(43)47-3)36(37-25-42,30-12-14-31(15-13-30)41(44)45)40(35(38-26)48-24-27-10-16-32(46-2)17-11-27)21-7-20-39-22-18-29(19-23-39)28-8-5-4-6-9-28/h4-6,8-17,25,29H,7,18-24H2,1-3H3,(H,37,42). The van der Waals surface area contributed by atoms with Crippen LogP contribution in [0, 0.1) is 10.1 Å². The van der Waals surface area contributed by atoms with Crippen LogP contribution < -0.4 is 10.1 Å². The summed E-state index contributed by atoms with van der Waals surface area (Å²) in [6.07, 6.45) is 3.41. The molecule has 0 bridgehead atoms. The second-order valence-electron chi connectivity index (χ2n) is 11.8. The largest absolute Gasteiger partial charge is 0.497 e. The normalized spacial score (nSPS) is 18.6. The predicted octanol–water partition coefficient (Wildman–Crippen LogP) is 5.82. The van der Waals surface area contributed by atoms with Crippen LogP contribution in [0.2, 0.25) is 0 Å². The van der Waals surface area contributed by atoms with Gasteiger partial charge >= 0.3 is 5.97 Å². The van der Waals surface area contributed by atoms with Gasteiger partial charge in [0.25, 0.3) is 5.69 Å².